The predicted octanol–water partition coefficient (Wildman–Crippen LogP) is 0.962. The van der Waals surface area contributed by atoms with E-state index in [-0.39, 0.29) is 0 Å². The molecule has 2 aromatic carbocycles. The number of quaternary nitrogens is 2. The molecular weight excluding hydrogens is 306 g/mol. The molecule has 1 saturated heterocycles. The molecule has 4 heteroatoms. The first-order chi connectivity index (χ1) is 11.7. The summed E-state index contributed by atoms with van der Waals surface area (Å²) in [6.45, 7) is 5.86. The number of hydrogen-bond acceptors (Lipinski definition) is 0. The van der Waals surface area contributed by atoms with Crippen LogP contribution in [0.3, 0.4) is 0 Å². The lowest BCUT2D eigenvalue weighted by Crippen LogP contribution is -3.27. The monoisotopic (exact) mass is 330 g/mol. The molecule has 1 fully saturated rings. The molecule has 0 amide bonds. The molecule has 1 aliphatic rings. The smallest absolute Gasteiger partial charge is 0.134 e. The number of piperazine rings is 1. The molecule has 0 atom stereocenters. The summed E-state index contributed by atoms with van der Waals surface area (Å²) >= 11 is 0. The van der Waals surface area contributed by atoms with Gasteiger partial charge in [-0.15, -0.1) is 0 Å². The number of nitrogens with one attached hydrogen (secondary N) is 2. The predicted molar refractivity (Wildman–Crippen MR) is 91.8 cm³/mol. The van der Waals surface area contributed by atoms with Crippen LogP contribution in [0.4, 0.5) is 8.78 Å². The average Bonchev–Trinajstić information content (AvgIpc) is 2.60. The quantitative estimate of drug-likeness (QED) is 0.808. The van der Waals surface area contributed by atoms with Crippen molar-refractivity contribution in [2.45, 2.75) is 6.54 Å². The molecule has 0 aliphatic carbocycles. The Hall–Kier alpha value is -2.04. The minimum absolute atomic E-state index is 0.428. The van der Waals surface area contributed by atoms with E-state index in [9.17, 15) is 8.78 Å². The van der Waals surface area contributed by atoms with Crippen molar-refractivity contribution in [2.75, 3.05) is 32.7 Å². The van der Waals surface area contributed by atoms with Gasteiger partial charge in [0.1, 0.15) is 44.4 Å². The van der Waals surface area contributed by atoms with Crippen molar-refractivity contribution in [3.8, 4) is 0 Å². The molecule has 2 aromatic rings. The molecule has 126 valence electrons. The highest BCUT2D eigenvalue weighted by molar-refractivity contribution is 5.48. The summed E-state index contributed by atoms with van der Waals surface area (Å²) in [5, 5.41) is 0. The Labute approximate surface area is 142 Å². The van der Waals surface area contributed by atoms with Crippen LogP contribution < -0.4 is 9.80 Å². The highest BCUT2D eigenvalue weighted by Gasteiger charge is 2.23. The van der Waals surface area contributed by atoms with E-state index in [1.165, 1.54) is 16.5 Å². The van der Waals surface area contributed by atoms with Crippen LogP contribution in [0.2, 0.25) is 0 Å². The zero-order chi connectivity index (χ0) is 16.8. The summed E-state index contributed by atoms with van der Waals surface area (Å²) in [4.78, 5) is 2.93. The Bertz CT molecular complexity index is 677. The number of benzene rings is 2. The van der Waals surface area contributed by atoms with Crippen molar-refractivity contribution < 1.29 is 18.6 Å². The maximum absolute atomic E-state index is 13.7. The van der Waals surface area contributed by atoms with Crippen molar-refractivity contribution in [3.63, 3.8) is 0 Å². The molecular formula is C20H24F2N2+2. The largest absolute Gasteiger partial charge is 0.322 e. The molecule has 3 rings (SSSR count). The topological polar surface area (TPSA) is 8.88 Å². The molecule has 1 aliphatic heterocycles. The fourth-order valence-corrected chi connectivity index (χ4v) is 3.20. The van der Waals surface area contributed by atoms with Gasteiger partial charge in [-0.3, -0.25) is 0 Å². The Morgan fingerprint density at radius 2 is 1.58 bits per heavy atom. The van der Waals surface area contributed by atoms with Gasteiger partial charge in [0.15, 0.2) is 0 Å². The lowest BCUT2D eigenvalue weighted by atomic mass is 10.1. The third-order valence-electron chi connectivity index (χ3n) is 4.64. The maximum Gasteiger partial charge on any atom is 0.134 e. The van der Waals surface area contributed by atoms with Crippen LogP contribution >= 0.6 is 0 Å². The minimum Gasteiger partial charge on any atom is -0.322 e. The lowest BCUT2D eigenvalue weighted by Gasteiger charge is -2.29. The summed E-state index contributed by atoms with van der Waals surface area (Å²) in [7, 11) is 0. The normalized spacial score (nSPS) is 21.2. The van der Waals surface area contributed by atoms with Crippen LogP contribution in [0.5, 0.6) is 0 Å². The lowest BCUT2D eigenvalue weighted by molar-refractivity contribution is -1.02. The van der Waals surface area contributed by atoms with Gasteiger partial charge in [0, 0.05) is 11.6 Å². The van der Waals surface area contributed by atoms with Crippen LogP contribution in [0.15, 0.2) is 54.6 Å². The van der Waals surface area contributed by atoms with Gasteiger partial charge in [-0.1, -0.05) is 36.4 Å². The van der Waals surface area contributed by atoms with E-state index in [1.54, 1.807) is 11.0 Å². The zero-order valence-corrected chi connectivity index (χ0v) is 13.8. The molecule has 0 radical (unpaired) electrons. The number of rotatable bonds is 5. The Kier molecular flexibility index (Phi) is 5.72. The molecule has 0 unspecified atom stereocenters. The average molecular weight is 330 g/mol. The molecule has 0 bridgehead atoms. The van der Waals surface area contributed by atoms with Gasteiger partial charge < -0.3 is 9.80 Å². The van der Waals surface area contributed by atoms with Crippen molar-refractivity contribution in [2.24, 2.45) is 0 Å². The summed E-state index contributed by atoms with van der Waals surface area (Å²) < 4.78 is 26.7. The Balaban J connectivity index is 1.45. The van der Waals surface area contributed by atoms with Crippen molar-refractivity contribution in [1.29, 1.82) is 0 Å². The minimum atomic E-state index is -0.509. The van der Waals surface area contributed by atoms with Gasteiger partial charge >= 0.3 is 0 Å². The van der Waals surface area contributed by atoms with E-state index in [1.807, 2.05) is 18.2 Å². The Morgan fingerprint density at radius 1 is 0.875 bits per heavy atom. The van der Waals surface area contributed by atoms with Crippen molar-refractivity contribution in [1.82, 2.24) is 0 Å². The van der Waals surface area contributed by atoms with E-state index in [0.717, 1.165) is 38.8 Å². The van der Waals surface area contributed by atoms with Gasteiger partial charge in [-0.2, -0.15) is 0 Å². The second-order valence-corrected chi connectivity index (χ2v) is 6.43. The van der Waals surface area contributed by atoms with E-state index >= 15 is 0 Å². The van der Waals surface area contributed by atoms with Crippen LogP contribution in [0.1, 0.15) is 11.1 Å². The van der Waals surface area contributed by atoms with E-state index in [0.29, 0.717) is 12.1 Å². The van der Waals surface area contributed by atoms with Gasteiger partial charge in [0.2, 0.25) is 0 Å². The first-order valence-electron chi connectivity index (χ1n) is 8.53. The molecule has 0 spiro atoms. The zero-order valence-electron chi connectivity index (χ0n) is 13.8. The third-order valence-corrected chi connectivity index (χ3v) is 4.64. The third kappa shape index (κ3) is 4.73. The van der Waals surface area contributed by atoms with E-state index in [4.69, 9.17) is 0 Å². The first kappa shape index (κ1) is 16.8. The molecule has 0 aromatic heterocycles. The maximum atomic E-state index is 13.7. The number of halogens is 2. The van der Waals surface area contributed by atoms with Gasteiger partial charge in [-0.05, 0) is 23.8 Å². The van der Waals surface area contributed by atoms with E-state index < -0.39 is 11.6 Å². The summed E-state index contributed by atoms with van der Waals surface area (Å²) in [6, 6.07) is 14.2. The van der Waals surface area contributed by atoms with Crippen LogP contribution in [-0.2, 0) is 6.54 Å². The van der Waals surface area contributed by atoms with Gasteiger partial charge in [0.25, 0.3) is 0 Å². The molecule has 2 nitrogen and oxygen atoms in total. The highest BCUT2D eigenvalue weighted by Crippen LogP contribution is 2.08. The molecule has 24 heavy (non-hydrogen) atoms. The summed E-state index contributed by atoms with van der Waals surface area (Å²) in [6.07, 6.45) is 4.40. The number of hydrogen-bond donors (Lipinski definition) is 2. The van der Waals surface area contributed by atoms with Gasteiger partial charge in [0.05, 0.1) is 6.54 Å². The Morgan fingerprint density at radius 3 is 2.29 bits per heavy atom. The van der Waals surface area contributed by atoms with Crippen LogP contribution in [-0.4, -0.2) is 32.7 Å². The highest BCUT2D eigenvalue weighted by atomic mass is 19.1. The molecule has 2 N–H and O–H groups in total. The SMILES string of the molecule is Fc1ccc(C[NH+]2CC[NH+](C/C=C/c3ccccc3)CC2)c(F)c1. The molecule has 1 heterocycles. The van der Waals surface area contributed by atoms with Crippen LogP contribution in [0, 0.1) is 11.6 Å². The van der Waals surface area contributed by atoms with Crippen molar-refractivity contribution in [3.05, 3.63) is 77.4 Å². The first-order valence-corrected chi connectivity index (χ1v) is 8.53. The second kappa shape index (κ2) is 8.18. The van der Waals surface area contributed by atoms with Crippen LogP contribution in [0.25, 0.3) is 6.08 Å². The molecule has 0 saturated carbocycles. The van der Waals surface area contributed by atoms with Crippen molar-refractivity contribution >= 4 is 6.08 Å². The second-order valence-electron chi connectivity index (χ2n) is 6.43. The standard InChI is InChI=1S/C20H22F2N2/c21-19-9-8-18(20(22)15-19)16-24-13-11-23(12-14-24)10-4-7-17-5-2-1-3-6-17/h1-9,15H,10-14,16H2/p+2/b7-4+. The summed E-state index contributed by atoms with van der Waals surface area (Å²) in [5.74, 6) is -0.936. The van der Waals surface area contributed by atoms with E-state index in [2.05, 4.69) is 24.3 Å². The van der Waals surface area contributed by atoms with Gasteiger partial charge in [-0.25, -0.2) is 8.78 Å². The summed E-state index contributed by atoms with van der Waals surface area (Å²) in [5.41, 5.74) is 1.84. The fourth-order valence-electron chi connectivity index (χ4n) is 3.20. The fraction of sp³-hybridized carbons (Fsp3) is 0.300.